The topological polar surface area (TPSA) is 37.8 Å². The lowest BCUT2D eigenvalue weighted by molar-refractivity contribution is 0.465. The van der Waals surface area contributed by atoms with Crippen molar-refractivity contribution in [2.75, 3.05) is 0 Å². The zero-order valence-electron chi connectivity index (χ0n) is 12.3. The van der Waals surface area contributed by atoms with Crippen LogP contribution in [0.25, 0.3) is 0 Å². The van der Waals surface area contributed by atoms with Crippen LogP contribution in [-0.2, 0) is 13.0 Å². The SMILES string of the molecule is CCCC(Cc1cccc(C)n1)NCc1ccccn1. The third kappa shape index (κ3) is 4.74. The molecule has 0 radical (unpaired) electrons. The lowest BCUT2D eigenvalue weighted by Gasteiger charge is -2.17. The summed E-state index contributed by atoms with van der Waals surface area (Å²) in [5.41, 5.74) is 3.34. The molecule has 3 nitrogen and oxygen atoms in total. The van der Waals surface area contributed by atoms with E-state index in [-0.39, 0.29) is 0 Å². The van der Waals surface area contributed by atoms with Gasteiger partial charge >= 0.3 is 0 Å². The van der Waals surface area contributed by atoms with Gasteiger partial charge in [0.2, 0.25) is 0 Å². The maximum absolute atomic E-state index is 4.59. The summed E-state index contributed by atoms with van der Waals surface area (Å²) < 4.78 is 0. The predicted octanol–water partition coefficient (Wildman–Crippen LogP) is 3.29. The number of hydrogen-bond donors (Lipinski definition) is 1. The van der Waals surface area contributed by atoms with Gasteiger partial charge in [0.1, 0.15) is 0 Å². The van der Waals surface area contributed by atoms with E-state index in [4.69, 9.17) is 0 Å². The van der Waals surface area contributed by atoms with E-state index >= 15 is 0 Å². The van der Waals surface area contributed by atoms with Gasteiger partial charge < -0.3 is 5.32 Å². The Labute approximate surface area is 121 Å². The van der Waals surface area contributed by atoms with E-state index in [1.54, 1.807) is 0 Å². The highest BCUT2D eigenvalue weighted by Gasteiger charge is 2.09. The van der Waals surface area contributed by atoms with Crippen LogP contribution in [0.5, 0.6) is 0 Å². The van der Waals surface area contributed by atoms with Gasteiger partial charge in [-0.2, -0.15) is 0 Å². The third-order valence-electron chi connectivity index (χ3n) is 3.34. The summed E-state index contributed by atoms with van der Waals surface area (Å²) in [5, 5.41) is 3.60. The molecule has 0 fully saturated rings. The van der Waals surface area contributed by atoms with Gasteiger partial charge in [-0.15, -0.1) is 0 Å². The van der Waals surface area contributed by atoms with Crippen LogP contribution in [-0.4, -0.2) is 16.0 Å². The smallest absolute Gasteiger partial charge is 0.0541 e. The van der Waals surface area contributed by atoms with E-state index in [0.29, 0.717) is 6.04 Å². The van der Waals surface area contributed by atoms with Crippen molar-refractivity contribution in [1.82, 2.24) is 15.3 Å². The lowest BCUT2D eigenvalue weighted by Crippen LogP contribution is -2.31. The molecule has 0 amide bonds. The van der Waals surface area contributed by atoms with E-state index < -0.39 is 0 Å². The fourth-order valence-corrected chi connectivity index (χ4v) is 2.34. The maximum Gasteiger partial charge on any atom is 0.0541 e. The largest absolute Gasteiger partial charge is 0.308 e. The molecule has 0 aliphatic rings. The summed E-state index contributed by atoms with van der Waals surface area (Å²) in [6, 6.07) is 12.7. The van der Waals surface area contributed by atoms with Crippen LogP contribution >= 0.6 is 0 Å². The van der Waals surface area contributed by atoms with Crippen LogP contribution in [0.4, 0.5) is 0 Å². The van der Waals surface area contributed by atoms with Crippen LogP contribution in [0.3, 0.4) is 0 Å². The predicted molar refractivity (Wildman–Crippen MR) is 82.5 cm³/mol. The van der Waals surface area contributed by atoms with E-state index in [0.717, 1.165) is 36.5 Å². The fraction of sp³-hybridized carbons (Fsp3) is 0.412. The average Bonchev–Trinajstić information content (AvgIpc) is 2.46. The molecule has 1 N–H and O–H groups in total. The van der Waals surface area contributed by atoms with Crippen molar-refractivity contribution in [2.45, 2.75) is 45.7 Å². The van der Waals surface area contributed by atoms with E-state index in [1.165, 1.54) is 6.42 Å². The molecule has 20 heavy (non-hydrogen) atoms. The first-order valence-corrected chi connectivity index (χ1v) is 7.33. The second-order valence-electron chi connectivity index (χ2n) is 5.16. The molecule has 0 aromatic carbocycles. The molecular weight excluding hydrogens is 246 g/mol. The minimum atomic E-state index is 0.455. The van der Waals surface area contributed by atoms with Crippen LogP contribution in [0.1, 0.15) is 36.8 Å². The first-order chi connectivity index (χ1) is 9.78. The molecule has 2 aromatic heterocycles. The fourth-order valence-electron chi connectivity index (χ4n) is 2.34. The standard InChI is InChI=1S/C17H23N3/c1-3-7-15(12-16-10-6-8-14(2)20-16)19-13-17-9-4-5-11-18-17/h4-6,8-11,15,19H,3,7,12-13H2,1-2H3. The van der Waals surface area contributed by atoms with Gasteiger partial charge in [0, 0.05) is 36.6 Å². The molecule has 2 rings (SSSR count). The summed E-state index contributed by atoms with van der Waals surface area (Å²) >= 11 is 0. The van der Waals surface area contributed by atoms with Gasteiger partial charge in [-0.25, -0.2) is 0 Å². The van der Waals surface area contributed by atoms with Gasteiger partial charge in [0.25, 0.3) is 0 Å². The minimum Gasteiger partial charge on any atom is -0.308 e. The minimum absolute atomic E-state index is 0.455. The van der Waals surface area contributed by atoms with Gasteiger partial charge in [-0.1, -0.05) is 25.5 Å². The normalized spacial score (nSPS) is 12.3. The summed E-state index contributed by atoms with van der Waals surface area (Å²) in [7, 11) is 0. The van der Waals surface area contributed by atoms with E-state index in [9.17, 15) is 0 Å². The summed E-state index contributed by atoms with van der Waals surface area (Å²) in [5.74, 6) is 0. The Balaban J connectivity index is 1.93. The second-order valence-corrected chi connectivity index (χ2v) is 5.16. The van der Waals surface area contributed by atoms with Crippen molar-refractivity contribution >= 4 is 0 Å². The molecule has 2 aromatic rings. The van der Waals surface area contributed by atoms with Crippen molar-refractivity contribution in [1.29, 1.82) is 0 Å². The molecule has 0 saturated carbocycles. The van der Waals surface area contributed by atoms with Crippen molar-refractivity contribution < 1.29 is 0 Å². The van der Waals surface area contributed by atoms with Crippen LogP contribution in [0, 0.1) is 6.92 Å². The third-order valence-corrected chi connectivity index (χ3v) is 3.34. The molecule has 0 aliphatic carbocycles. The first-order valence-electron chi connectivity index (χ1n) is 7.33. The highest BCUT2D eigenvalue weighted by Crippen LogP contribution is 2.07. The number of aromatic nitrogens is 2. The number of aryl methyl sites for hydroxylation is 1. The summed E-state index contributed by atoms with van der Waals surface area (Å²) in [6.45, 7) is 5.08. The van der Waals surface area contributed by atoms with Crippen molar-refractivity contribution in [3.8, 4) is 0 Å². The van der Waals surface area contributed by atoms with E-state index in [2.05, 4.69) is 40.4 Å². The molecule has 0 saturated heterocycles. The Bertz CT molecular complexity index is 511. The Morgan fingerprint density at radius 2 is 1.95 bits per heavy atom. The molecule has 3 heteroatoms. The van der Waals surface area contributed by atoms with E-state index in [1.807, 2.05) is 31.3 Å². The number of hydrogen-bond acceptors (Lipinski definition) is 3. The lowest BCUT2D eigenvalue weighted by atomic mass is 10.1. The monoisotopic (exact) mass is 269 g/mol. The van der Waals surface area contributed by atoms with Gasteiger partial charge in [0.05, 0.1) is 5.69 Å². The molecule has 0 bridgehead atoms. The van der Waals surface area contributed by atoms with Gasteiger partial charge in [-0.3, -0.25) is 9.97 Å². The highest BCUT2D eigenvalue weighted by molar-refractivity contribution is 5.11. The Kier molecular flexibility index (Phi) is 5.69. The molecule has 0 aliphatic heterocycles. The van der Waals surface area contributed by atoms with Crippen LogP contribution in [0.2, 0.25) is 0 Å². The van der Waals surface area contributed by atoms with Crippen LogP contribution < -0.4 is 5.32 Å². The van der Waals surface area contributed by atoms with Crippen molar-refractivity contribution in [3.63, 3.8) is 0 Å². The molecule has 0 spiro atoms. The molecular formula is C17H23N3. The highest BCUT2D eigenvalue weighted by atomic mass is 14.9. The Hall–Kier alpha value is -1.74. The van der Waals surface area contributed by atoms with Gasteiger partial charge in [-0.05, 0) is 37.6 Å². The molecule has 2 heterocycles. The number of rotatable bonds is 7. The second kappa shape index (κ2) is 7.75. The van der Waals surface area contributed by atoms with Crippen molar-refractivity contribution in [2.24, 2.45) is 0 Å². The number of nitrogens with zero attached hydrogens (tertiary/aromatic N) is 2. The Morgan fingerprint density at radius 1 is 1.10 bits per heavy atom. The summed E-state index contributed by atoms with van der Waals surface area (Å²) in [4.78, 5) is 8.95. The molecule has 1 atom stereocenters. The number of pyridine rings is 2. The van der Waals surface area contributed by atoms with Gasteiger partial charge in [0.15, 0.2) is 0 Å². The molecule has 106 valence electrons. The first kappa shape index (κ1) is 14.7. The zero-order chi connectivity index (χ0) is 14.2. The summed E-state index contributed by atoms with van der Waals surface area (Å²) in [6.07, 6.45) is 5.14. The molecule has 1 unspecified atom stereocenters. The van der Waals surface area contributed by atoms with Crippen LogP contribution in [0.15, 0.2) is 42.6 Å². The maximum atomic E-state index is 4.59. The quantitative estimate of drug-likeness (QED) is 0.838. The number of nitrogens with one attached hydrogen (secondary N) is 1. The average molecular weight is 269 g/mol. The zero-order valence-corrected chi connectivity index (χ0v) is 12.3. The Morgan fingerprint density at radius 3 is 2.65 bits per heavy atom. The van der Waals surface area contributed by atoms with Crippen molar-refractivity contribution in [3.05, 3.63) is 59.7 Å².